The lowest BCUT2D eigenvalue weighted by Gasteiger charge is -2.40. The summed E-state index contributed by atoms with van der Waals surface area (Å²) in [5.74, 6) is 0.426. The molecule has 7 heteroatoms. The number of anilines is 2. The van der Waals surface area contributed by atoms with Gasteiger partial charge in [-0.15, -0.1) is 0 Å². The summed E-state index contributed by atoms with van der Waals surface area (Å²) in [5, 5.41) is 3.38. The van der Waals surface area contributed by atoms with Crippen LogP contribution in [0.2, 0.25) is 0 Å². The third-order valence-electron chi connectivity index (χ3n) is 7.52. The molecular weight excluding hydrogens is 420 g/mol. The summed E-state index contributed by atoms with van der Waals surface area (Å²) in [4.78, 5) is 12.9. The summed E-state index contributed by atoms with van der Waals surface area (Å²) in [7, 11) is 0. The summed E-state index contributed by atoms with van der Waals surface area (Å²) in [6, 6.07) is 7.63. The van der Waals surface area contributed by atoms with Crippen molar-refractivity contribution in [2.75, 3.05) is 36.0 Å². The number of hydrogen-bond acceptors (Lipinski definition) is 5. The zero-order valence-electron chi connectivity index (χ0n) is 19.6. The molecule has 0 bridgehead atoms. The quantitative estimate of drug-likeness (QED) is 0.685. The van der Waals surface area contributed by atoms with Gasteiger partial charge in [0.25, 0.3) is 0 Å². The number of allylic oxidation sites excluding steroid dienone is 1. The van der Waals surface area contributed by atoms with E-state index in [1.54, 1.807) is 13.8 Å². The van der Waals surface area contributed by atoms with Crippen molar-refractivity contribution in [1.82, 2.24) is 15.3 Å². The SMILES string of the molecule is C=C1CC2(CCCN(c3ncnc(N4CCCC4c4ccc(C(C)(C)F)cc4)c3F)C2)CN1. The van der Waals surface area contributed by atoms with Gasteiger partial charge in [0.2, 0.25) is 5.82 Å². The Labute approximate surface area is 194 Å². The Bertz CT molecular complexity index is 1030. The number of alkyl halides is 1. The number of aromatic nitrogens is 2. The average Bonchev–Trinajstić information content (AvgIpc) is 3.40. The van der Waals surface area contributed by atoms with Gasteiger partial charge in [-0.2, -0.15) is 4.39 Å². The molecule has 1 N–H and O–H groups in total. The Kier molecular flexibility index (Phi) is 5.53. The predicted octanol–water partition coefficient (Wildman–Crippen LogP) is 5.26. The van der Waals surface area contributed by atoms with Gasteiger partial charge >= 0.3 is 0 Å². The lowest BCUT2D eigenvalue weighted by atomic mass is 9.79. The van der Waals surface area contributed by atoms with Crippen LogP contribution in [0.5, 0.6) is 0 Å². The zero-order valence-corrected chi connectivity index (χ0v) is 19.6. The normalized spacial score (nSPS) is 25.7. The van der Waals surface area contributed by atoms with Gasteiger partial charge in [-0.25, -0.2) is 14.4 Å². The second-order valence-corrected chi connectivity index (χ2v) is 10.4. The maximum absolute atomic E-state index is 15.9. The number of nitrogens with zero attached hydrogens (tertiary/aromatic N) is 4. The van der Waals surface area contributed by atoms with Gasteiger partial charge in [-0.3, -0.25) is 0 Å². The van der Waals surface area contributed by atoms with Crippen LogP contribution < -0.4 is 15.1 Å². The van der Waals surface area contributed by atoms with Crippen LogP contribution in [0.4, 0.5) is 20.4 Å². The van der Waals surface area contributed by atoms with E-state index in [4.69, 9.17) is 0 Å². The van der Waals surface area contributed by atoms with E-state index in [2.05, 4.69) is 31.7 Å². The largest absolute Gasteiger partial charge is 0.388 e. The molecule has 5 nitrogen and oxygen atoms in total. The molecule has 0 aliphatic carbocycles. The van der Waals surface area contributed by atoms with Crippen LogP contribution in [-0.4, -0.2) is 36.1 Å². The van der Waals surface area contributed by atoms with Gasteiger partial charge in [0.1, 0.15) is 12.0 Å². The van der Waals surface area contributed by atoms with Crippen LogP contribution in [0.15, 0.2) is 42.9 Å². The smallest absolute Gasteiger partial charge is 0.208 e. The van der Waals surface area contributed by atoms with Crippen molar-refractivity contribution in [3.63, 3.8) is 0 Å². The summed E-state index contributed by atoms with van der Waals surface area (Å²) in [6.45, 7) is 10.4. The molecule has 3 saturated heterocycles. The molecule has 1 spiro atoms. The summed E-state index contributed by atoms with van der Waals surface area (Å²) < 4.78 is 30.2. The van der Waals surface area contributed by atoms with Crippen LogP contribution in [0, 0.1) is 11.2 Å². The second kappa shape index (κ2) is 8.26. The third kappa shape index (κ3) is 4.18. The van der Waals surface area contributed by atoms with E-state index in [0.717, 1.165) is 69.5 Å². The fourth-order valence-electron chi connectivity index (χ4n) is 5.81. The summed E-state index contributed by atoms with van der Waals surface area (Å²) in [6.07, 6.45) is 6.43. The highest BCUT2D eigenvalue weighted by Gasteiger charge is 2.41. The number of halogens is 2. The van der Waals surface area contributed by atoms with Crippen LogP contribution >= 0.6 is 0 Å². The molecule has 0 saturated carbocycles. The molecule has 5 rings (SSSR count). The molecule has 0 radical (unpaired) electrons. The molecule has 3 aliphatic rings. The first kappa shape index (κ1) is 22.1. The standard InChI is InChI=1S/C26H33F2N5/c1-18-14-26(15-29-18)11-5-12-32(16-26)23-22(27)24(31-17-30-23)33-13-4-6-21(33)19-7-9-20(10-8-19)25(2,3)28/h7-10,17,21,29H,1,4-6,11-16H2,2-3H3. The fourth-order valence-corrected chi connectivity index (χ4v) is 5.81. The van der Waals surface area contributed by atoms with Crippen molar-refractivity contribution in [3.05, 3.63) is 59.8 Å². The van der Waals surface area contributed by atoms with E-state index in [1.165, 1.54) is 6.33 Å². The number of nitrogens with one attached hydrogen (secondary N) is 1. The lowest BCUT2D eigenvalue weighted by molar-refractivity contribution is 0.221. The maximum atomic E-state index is 15.9. The molecule has 2 aromatic rings. The van der Waals surface area contributed by atoms with Crippen molar-refractivity contribution < 1.29 is 8.78 Å². The molecule has 3 fully saturated rings. The molecule has 33 heavy (non-hydrogen) atoms. The highest BCUT2D eigenvalue weighted by molar-refractivity contribution is 5.55. The minimum atomic E-state index is -1.38. The van der Waals surface area contributed by atoms with E-state index < -0.39 is 5.67 Å². The van der Waals surface area contributed by atoms with Crippen LogP contribution in [-0.2, 0) is 5.67 Å². The van der Waals surface area contributed by atoms with Crippen molar-refractivity contribution >= 4 is 11.6 Å². The third-order valence-corrected chi connectivity index (χ3v) is 7.52. The van der Waals surface area contributed by atoms with Gasteiger partial charge in [0.15, 0.2) is 11.6 Å². The monoisotopic (exact) mass is 453 g/mol. The predicted molar refractivity (Wildman–Crippen MR) is 128 cm³/mol. The molecule has 1 aromatic heterocycles. The first-order chi connectivity index (χ1) is 15.8. The van der Waals surface area contributed by atoms with Gasteiger partial charge in [0, 0.05) is 37.3 Å². The van der Waals surface area contributed by atoms with E-state index in [9.17, 15) is 4.39 Å². The highest BCUT2D eigenvalue weighted by Crippen LogP contribution is 2.42. The van der Waals surface area contributed by atoms with Gasteiger partial charge in [-0.1, -0.05) is 30.8 Å². The second-order valence-electron chi connectivity index (χ2n) is 10.4. The average molecular weight is 454 g/mol. The van der Waals surface area contributed by atoms with Crippen molar-refractivity contribution in [2.45, 2.75) is 57.7 Å². The van der Waals surface area contributed by atoms with Crippen molar-refractivity contribution in [2.24, 2.45) is 5.41 Å². The number of hydrogen-bond donors (Lipinski definition) is 1. The molecule has 176 valence electrons. The van der Waals surface area contributed by atoms with Gasteiger partial charge in [0.05, 0.1) is 6.04 Å². The van der Waals surface area contributed by atoms with E-state index >= 15 is 4.39 Å². The van der Waals surface area contributed by atoms with E-state index in [1.807, 2.05) is 24.3 Å². The number of benzene rings is 1. The minimum absolute atomic E-state index is 0.0223. The Morgan fingerprint density at radius 2 is 1.88 bits per heavy atom. The molecule has 4 heterocycles. The Morgan fingerprint density at radius 1 is 1.12 bits per heavy atom. The van der Waals surface area contributed by atoms with Crippen molar-refractivity contribution in [3.8, 4) is 0 Å². The van der Waals surface area contributed by atoms with Gasteiger partial charge in [-0.05, 0) is 57.1 Å². The molecule has 1 aromatic carbocycles. The van der Waals surface area contributed by atoms with Gasteiger partial charge < -0.3 is 15.1 Å². The van der Waals surface area contributed by atoms with Crippen LogP contribution in [0.1, 0.15) is 63.1 Å². The van der Waals surface area contributed by atoms with Crippen LogP contribution in [0.25, 0.3) is 0 Å². The molecule has 3 aliphatic heterocycles. The van der Waals surface area contributed by atoms with E-state index in [0.29, 0.717) is 17.2 Å². The molecule has 2 atom stereocenters. The zero-order chi connectivity index (χ0) is 23.2. The molecular formula is C26H33F2N5. The van der Waals surface area contributed by atoms with Crippen LogP contribution in [0.3, 0.4) is 0 Å². The topological polar surface area (TPSA) is 44.3 Å². The maximum Gasteiger partial charge on any atom is 0.208 e. The Balaban J connectivity index is 1.41. The molecule has 0 amide bonds. The minimum Gasteiger partial charge on any atom is -0.388 e. The highest BCUT2D eigenvalue weighted by atomic mass is 19.1. The Hall–Kier alpha value is -2.70. The summed E-state index contributed by atoms with van der Waals surface area (Å²) >= 11 is 0. The lowest BCUT2D eigenvalue weighted by Crippen LogP contribution is -2.45. The first-order valence-electron chi connectivity index (χ1n) is 12.0. The molecule has 2 unspecified atom stereocenters. The Morgan fingerprint density at radius 3 is 2.58 bits per heavy atom. The number of rotatable bonds is 4. The van der Waals surface area contributed by atoms with Crippen molar-refractivity contribution in [1.29, 1.82) is 0 Å². The fraction of sp³-hybridized carbons (Fsp3) is 0.538. The summed E-state index contributed by atoms with van der Waals surface area (Å²) in [5.41, 5.74) is 1.51. The first-order valence-corrected chi connectivity index (χ1v) is 12.0. The number of piperidine rings is 1. The van der Waals surface area contributed by atoms with E-state index in [-0.39, 0.29) is 17.3 Å².